The first-order chi connectivity index (χ1) is 9.33. The quantitative estimate of drug-likeness (QED) is 0.913. The van der Waals surface area contributed by atoms with Crippen LogP contribution >= 0.6 is 11.6 Å². The van der Waals surface area contributed by atoms with Crippen molar-refractivity contribution in [3.63, 3.8) is 0 Å². The van der Waals surface area contributed by atoms with Gasteiger partial charge in [0, 0.05) is 24.0 Å². The SMILES string of the molecule is Clc1ccccc1C1CC(NCCc2ncon2)C1. The second kappa shape index (κ2) is 5.72. The summed E-state index contributed by atoms with van der Waals surface area (Å²) in [6.45, 7) is 0.888. The highest BCUT2D eigenvalue weighted by molar-refractivity contribution is 6.31. The molecule has 2 aromatic rings. The van der Waals surface area contributed by atoms with Gasteiger partial charge in [-0.3, -0.25) is 0 Å². The Morgan fingerprint density at radius 1 is 1.32 bits per heavy atom. The average molecular weight is 278 g/mol. The molecule has 3 rings (SSSR count). The molecule has 1 aromatic heterocycles. The third-order valence-electron chi connectivity index (χ3n) is 3.67. The molecular weight excluding hydrogens is 262 g/mol. The summed E-state index contributed by atoms with van der Waals surface area (Å²) in [5.41, 5.74) is 1.28. The summed E-state index contributed by atoms with van der Waals surface area (Å²) in [5.74, 6) is 1.35. The predicted octanol–water partition coefficient (Wildman–Crippen LogP) is 2.80. The van der Waals surface area contributed by atoms with Crippen LogP contribution < -0.4 is 5.32 Å². The van der Waals surface area contributed by atoms with Gasteiger partial charge in [0.1, 0.15) is 0 Å². The Morgan fingerprint density at radius 3 is 2.89 bits per heavy atom. The Kier molecular flexibility index (Phi) is 3.80. The van der Waals surface area contributed by atoms with Crippen LogP contribution in [0.25, 0.3) is 0 Å². The molecule has 1 N–H and O–H groups in total. The molecular formula is C14H16ClN3O. The van der Waals surface area contributed by atoms with E-state index in [4.69, 9.17) is 16.1 Å². The molecule has 5 heteroatoms. The molecule has 1 aliphatic rings. The minimum Gasteiger partial charge on any atom is -0.343 e. The summed E-state index contributed by atoms with van der Waals surface area (Å²) in [6, 6.07) is 8.70. The van der Waals surface area contributed by atoms with E-state index >= 15 is 0 Å². The van der Waals surface area contributed by atoms with Crippen molar-refractivity contribution in [1.29, 1.82) is 0 Å². The van der Waals surface area contributed by atoms with Crippen LogP contribution in [-0.4, -0.2) is 22.7 Å². The monoisotopic (exact) mass is 277 g/mol. The molecule has 100 valence electrons. The first-order valence-corrected chi connectivity index (χ1v) is 6.94. The highest BCUT2D eigenvalue weighted by atomic mass is 35.5. The molecule has 1 aromatic carbocycles. The predicted molar refractivity (Wildman–Crippen MR) is 73.2 cm³/mol. The first kappa shape index (κ1) is 12.6. The van der Waals surface area contributed by atoms with Crippen molar-refractivity contribution in [1.82, 2.24) is 15.5 Å². The van der Waals surface area contributed by atoms with E-state index in [-0.39, 0.29) is 0 Å². The summed E-state index contributed by atoms with van der Waals surface area (Å²) >= 11 is 6.20. The van der Waals surface area contributed by atoms with Crippen molar-refractivity contribution in [3.8, 4) is 0 Å². The molecule has 0 bridgehead atoms. The van der Waals surface area contributed by atoms with Crippen molar-refractivity contribution in [2.24, 2.45) is 0 Å². The Morgan fingerprint density at radius 2 is 2.16 bits per heavy atom. The minimum atomic E-state index is 0.577. The maximum absolute atomic E-state index is 6.20. The molecule has 19 heavy (non-hydrogen) atoms. The highest BCUT2D eigenvalue weighted by Crippen LogP contribution is 2.39. The van der Waals surface area contributed by atoms with E-state index in [2.05, 4.69) is 27.6 Å². The van der Waals surface area contributed by atoms with Crippen LogP contribution in [0.2, 0.25) is 5.02 Å². The van der Waals surface area contributed by atoms with Gasteiger partial charge in [0.05, 0.1) is 0 Å². The van der Waals surface area contributed by atoms with E-state index in [0.717, 1.165) is 36.7 Å². The van der Waals surface area contributed by atoms with E-state index in [9.17, 15) is 0 Å². The molecule has 0 saturated heterocycles. The van der Waals surface area contributed by atoms with E-state index in [0.29, 0.717) is 12.0 Å². The van der Waals surface area contributed by atoms with Crippen LogP contribution in [-0.2, 0) is 6.42 Å². The lowest BCUT2D eigenvalue weighted by Crippen LogP contribution is -2.41. The van der Waals surface area contributed by atoms with E-state index in [1.54, 1.807) is 0 Å². The third-order valence-corrected chi connectivity index (χ3v) is 4.02. The van der Waals surface area contributed by atoms with Gasteiger partial charge in [-0.2, -0.15) is 4.98 Å². The van der Waals surface area contributed by atoms with Crippen LogP contribution in [0.1, 0.15) is 30.1 Å². The fourth-order valence-electron chi connectivity index (χ4n) is 2.54. The van der Waals surface area contributed by atoms with Gasteiger partial charge in [0.25, 0.3) is 0 Å². The molecule has 0 unspecified atom stereocenters. The largest absolute Gasteiger partial charge is 0.343 e. The number of hydrogen-bond donors (Lipinski definition) is 1. The number of rotatable bonds is 5. The molecule has 0 aliphatic heterocycles. The zero-order valence-corrected chi connectivity index (χ0v) is 11.3. The lowest BCUT2D eigenvalue weighted by molar-refractivity contribution is 0.292. The number of aromatic nitrogens is 2. The number of nitrogens with one attached hydrogen (secondary N) is 1. The van der Waals surface area contributed by atoms with E-state index in [1.807, 2.05) is 12.1 Å². The normalized spacial score (nSPS) is 22.2. The molecule has 0 radical (unpaired) electrons. The molecule has 1 saturated carbocycles. The van der Waals surface area contributed by atoms with Gasteiger partial charge in [-0.25, -0.2) is 0 Å². The number of benzene rings is 1. The van der Waals surface area contributed by atoms with E-state index < -0.39 is 0 Å². The maximum atomic E-state index is 6.20. The molecule has 1 fully saturated rings. The van der Waals surface area contributed by atoms with Gasteiger partial charge >= 0.3 is 0 Å². The number of nitrogens with zero attached hydrogens (tertiary/aromatic N) is 2. The van der Waals surface area contributed by atoms with Crippen molar-refractivity contribution >= 4 is 11.6 Å². The second-order valence-electron chi connectivity index (χ2n) is 4.94. The molecule has 4 nitrogen and oxygen atoms in total. The van der Waals surface area contributed by atoms with Gasteiger partial charge in [-0.15, -0.1) is 0 Å². The van der Waals surface area contributed by atoms with Gasteiger partial charge < -0.3 is 9.84 Å². The van der Waals surface area contributed by atoms with Crippen molar-refractivity contribution in [3.05, 3.63) is 47.1 Å². The third kappa shape index (κ3) is 2.96. The molecule has 1 aliphatic carbocycles. The average Bonchev–Trinajstić information content (AvgIpc) is 2.87. The zero-order chi connectivity index (χ0) is 13.1. The lowest BCUT2D eigenvalue weighted by atomic mass is 9.76. The molecule has 0 amide bonds. The van der Waals surface area contributed by atoms with Gasteiger partial charge in [0.15, 0.2) is 5.82 Å². The van der Waals surface area contributed by atoms with Crippen LogP contribution in [0, 0.1) is 0 Å². The maximum Gasteiger partial charge on any atom is 0.213 e. The minimum absolute atomic E-state index is 0.577. The highest BCUT2D eigenvalue weighted by Gasteiger charge is 2.30. The Hall–Kier alpha value is -1.39. The van der Waals surface area contributed by atoms with Gasteiger partial charge in [0.2, 0.25) is 6.39 Å². The summed E-state index contributed by atoms with van der Waals surface area (Å²) in [4.78, 5) is 4.00. The van der Waals surface area contributed by atoms with Crippen molar-refractivity contribution in [2.45, 2.75) is 31.2 Å². The molecule has 0 spiro atoms. The fraction of sp³-hybridized carbons (Fsp3) is 0.429. The van der Waals surface area contributed by atoms with Crippen molar-refractivity contribution < 1.29 is 4.52 Å². The fourth-order valence-corrected chi connectivity index (χ4v) is 2.83. The summed E-state index contributed by atoms with van der Waals surface area (Å²) in [5, 5.41) is 8.19. The summed E-state index contributed by atoms with van der Waals surface area (Å²) in [7, 11) is 0. The Bertz CT molecular complexity index is 523. The zero-order valence-electron chi connectivity index (χ0n) is 10.6. The van der Waals surface area contributed by atoms with Crippen LogP contribution in [0.4, 0.5) is 0 Å². The van der Waals surface area contributed by atoms with Crippen LogP contribution in [0.5, 0.6) is 0 Å². The second-order valence-corrected chi connectivity index (χ2v) is 5.35. The summed E-state index contributed by atoms with van der Waals surface area (Å²) < 4.78 is 4.70. The Balaban J connectivity index is 1.42. The summed E-state index contributed by atoms with van der Waals surface area (Å²) in [6.07, 6.45) is 4.47. The number of hydrogen-bond acceptors (Lipinski definition) is 4. The molecule has 0 atom stereocenters. The smallest absolute Gasteiger partial charge is 0.213 e. The van der Waals surface area contributed by atoms with Crippen LogP contribution in [0.15, 0.2) is 35.2 Å². The van der Waals surface area contributed by atoms with Crippen LogP contribution in [0.3, 0.4) is 0 Å². The Labute approximate surface area is 117 Å². The van der Waals surface area contributed by atoms with Gasteiger partial charge in [-0.05, 0) is 30.4 Å². The number of halogens is 1. The topological polar surface area (TPSA) is 51.0 Å². The van der Waals surface area contributed by atoms with E-state index in [1.165, 1.54) is 12.0 Å². The first-order valence-electron chi connectivity index (χ1n) is 6.56. The molecule has 1 heterocycles. The van der Waals surface area contributed by atoms with Crippen molar-refractivity contribution in [2.75, 3.05) is 6.54 Å². The lowest BCUT2D eigenvalue weighted by Gasteiger charge is -2.36. The van der Waals surface area contributed by atoms with Gasteiger partial charge in [-0.1, -0.05) is 35.0 Å². The standard InChI is InChI=1S/C14H16ClN3O/c15-13-4-2-1-3-12(13)10-7-11(8-10)16-6-5-14-17-9-19-18-14/h1-4,9-11,16H,5-8H2.